The fraction of sp³-hybridized carbons (Fsp3) is 0.769. The fourth-order valence-corrected chi connectivity index (χ4v) is 2.97. The maximum absolute atomic E-state index is 5.79. The molecule has 1 aliphatic rings. The molecule has 1 aromatic heterocycles. The molecule has 1 atom stereocenters. The minimum absolute atomic E-state index is 0.150. The van der Waals surface area contributed by atoms with Crippen molar-refractivity contribution < 1.29 is 4.74 Å². The number of nitrogens with one attached hydrogen (secondary N) is 1. The van der Waals surface area contributed by atoms with Crippen LogP contribution in [0.5, 0.6) is 5.75 Å². The van der Waals surface area contributed by atoms with E-state index in [2.05, 4.69) is 17.4 Å². The third-order valence-corrected chi connectivity index (χ3v) is 3.85. The van der Waals surface area contributed by atoms with Gasteiger partial charge in [-0.3, -0.25) is 16.0 Å². The molecule has 0 radical (unpaired) electrons. The standard InChI is InChI=1S/C13H24N4O/c1-3-8-17-13(11(18-2)9-15-17)12(16-14)10-6-4-5-7-10/h9-10,12,16H,3-8,14H2,1-2H3. The van der Waals surface area contributed by atoms with Crippen molar-refractivity contribution in [2.24, 2.45) is 11.8 Å². The van der Waals surface area contributed by atoms with Crippen molar-refractivity contribution in [2.45, 2.75) is 51.6 Å². The topological polar surface area (TPSA) is 65.1 Å². The Kier molecular flexibility index (Phi) is 4.60. The molecule has 1 heterocycles. The lowest BCUT2D eigenvalue weighted by atomic mass is 9.95. The van der Waals surface area contributed by atoms with E-state index in [1.54, 1.807) is 13.3 Å². The number of hydrogen-bond donors (Lipinski definition) is 2. The summed E-state index contributed by atoms with van der Waals surface area (Å²) in [5.74, 6) is 7.23. The zero-order valence-corrected chi connectivity index (χ0v) is 11.4. The number of hydrogen-bond acceptors (Lipinski definition) is 4. The summed E-state index contributed by atoms with van der Waals surface area (Å²) in [6.45, 7) is 3.06. The smallest absolute Gasteiger partial charge is 0.161 e. The third kappa shape index (κ3) is 2.52. The summed E-state index contributed by atoms with van der Waals surface area (Å²) >= 11 is 0. The molecule has 3 N–H and O–H groups in total. The van der Waals surface area contributed by atoms with Crippen LogP contribution in [0.3, 0.4) is 0 Å². The SMILES string of the molecule is CCCn1ncc(OC)c1C(NN)C1CCCC1. The first-order chi connectivity index (χ1) is 8.81. The summed E-state index contributed by atoms with van der Waals surface area (Å²) in [4.78, 5) is 0. The normalized spacial score (nSPS) is 18.2. The van der Waals surface area contributed by atoms with Crippen LogP contribution >= 0.6 is 0 Å². The van der Waals surface area contributed by atoms with Crippen LogP contribution in [0.15, 0.2) is 6.20 Å². The molecule has 1 saturated carbocycles. The minimum atomic E-state index is 0.150. The van der Waals surface area contributed by atoms with Crippen LogP contribution in [0.4, 0.5) is 0 Å². The number of aryl methyl sites for hydroxylation is 1. The van der Waals surface area contributed by atoms with Gasteiger partial charge in [0.15, 0.2) is 5.75 Å². The molecule has 0 amide bonds. The number of nitrogens with zero attached hydrogens (tertiary/aromatic N) is 2. The van der Waals surface area contributed by atoms with Gasteiger partial charge in [0.2, 0.25) is 0 Å². The Labute approximate surface area is 109 Å². The zero-order chi connectivity index (χ0) is 13.0. The first-order valence-electron chi connectivity index (χ1n) is 6.87. The molecule has 0 spiro atoms. The zero-order valence-electron chi connectivity index (χ0n) is 11.4. The van der Waals surface area contributed by atoms with E-state index >= 15 is 0 Å². The lowest BCUT2D eigenvalue weighted by Gasteiger charge is -2.24. The van der Waals surface area contributed by atoms with E-state index in [0.717, 1.165) is 24.4 Å². The molecule has 1 fully saturated rings. The van der Waals surface area contributed by atoms with Gasteiger partial charge in [0, 0.05) is 6.54 Å². The first-order valence-corrected chi connectivity index (χ1v) is 6.87. The molecule has 0 aromatic carbocycles. The highest BCUT2D eigenvalue weighted by molar-refractivity contribution is 5.29. The highest BCUT2D eigenvalue weighted by Crippen LogP contribution is 2.38. The molecule has 5 heteroatoms. The second-order valence-corrected chi connectivity index (χ2v) is 5.01. The van der Waals surface area contributed by atoms with Gasteiger partial charge < -0.3 is 4.74 Å². The molecule has 5 nitrogen and oxygen atoms in total. The number of methoxy groups -OCH3 is 1. The second-order valence-electron chi connectivity index (χ2n) is 5.01. The van der Waals surface area contributed by atoms with E-state index in [4.69, 9.17) is 10.6 Å². The van der Waals surface area contributed by atoms with Gasteiger partial charge in [-0.05, 0) is 25.2 Å². The van der Waals surface area contributed by atoms with Crippen molar-refractivity contribution in [2.75, 3.05) is 7.11 Å². The maximum atomic E-state index is 5.79. The van der Waals surface area contributed by atoms with Gasteiger partial charge in [-0.1, -0.05) is 19.8 Å². The lowest BCUT2D eigenvalue weighted by Crippen LogP contribution is -2.34. The van der Waals surface area contributed by atoms with Gasteiger partial charge in [-0.2, -0.15) is 5.10 Å². The Balaban J connectivity index is 2.29. The van der Waals surface area contributed by atoms with Crippen molar-refractivity contribution in [1.29, 1.82) is 0 Å². The molecule has 102 valence electrons. The van der Waals surface area contributed by atoms with Gasteiger partial charge in [0.05, 0.1) is 25.0 Å². The van der Waals surface area contributed by atoms with Gasteiger partial charge in [0.25, 0.3) is 0 Å². The van der Waals surface area contributed by atoms with Gasteiger partial charge in [-0.25, -0.2) is 0 Å². The molecule has 0 bridgehead atoms. The minimum Gasteiger partial charge on any atom is -0.493 e. The lowest BCUT2D eigenvalue weighted by molar-refractivity contribution is 0.329. The molecule has 1 unspecified atom stereocenters. The van der Waals surface area contributed by atoms with Crippen molar-refractivity contribution in [3.05, 3.63) is 11.9 Å². The number of nitrogens with two attached hydrogens (primary N) is 1. The number of aromatic nitrogens is 2. The highest BCUT2D eigenvalue weighted by atomic mass is 16.5. The van der Waals surface area contributed by atoms with Gasteiger partial charge in [-0.15, -0.1) is 0 Å². The Morgan fingerprint density at radius 1 is 1.56 bits per heavy atom. The summed E-state index contributed by atoms with van der Waals surface area (Å²) in [7, 11) is 1.69. The summed E-state index contributed by atoms with van der Waals surface area (Å²) in [5.41, 5.74) is 4.08. The molecule has 0 saturated heterocycles. The van der Waals surface area contributed by atoms with Crippen LogP contribution in [0.25, 0.3) is 0 Å². The Bertz CT molecular complexity index is 371. The predicted octanol–water partition coefficient (Wildman–Crippen LogP) is 2.00. The number of rotatable bonds is 6. The van der Waals surface area contributed by atoms with Crippen molar-refractivity contribution in [3.63, 3.8) is 0 Å². The van der Waals surface area contributed by atoms with E-state index in [1.165, 1.54) is 25.7 Å². The van der Waals surface area contributed by atoms with E-state index in [-0.39, 0.29) is 6.04 Å². The van der Waals surface area contributed by atoms with E-state index in [0.29, 0.717) is 5.92 Å². The third-order valence-electron chi connectivity index (χ3n) is 3.85. The molecular formula is C13H24N4O. The molecular weight excluding hydrogens is 228 g/mol. The molecule has 0 aliphatic heterocycles. The number of hydrazine groups is 1. The van der Waals surface area contributed by atoms with Crippen LogP contribution in [0, 0.1) is 5.92 Å². The van der Waals surface area contributed by atoms with E-state index in [1.807, 2.05) is 4.68 Å². The van der Waals surface area contributed by atoms with Crippen LogP contribution in [-0.2, 0) is 6.54 Å². The summed E-state index contributed by atoms with van der Waals surface area (Å²) in [6.07, 6.45) is 7.91. The monoisotopic (exact) mass is 252 g/mol. The quantitative estimate of drug-likeness (QED) is 0.600. The maximum Gasteiger partial charge on any atom is 0.161 e. The summed E-state index contributed by atoms with van der Waals surface area (Å²) in [6, 6.07) is 0.150. The second kappa shape index (κ2) is 6.20. The summed E-state index contributed by atoms with van der Waals surface area (Å²) in [5, 5.41) is 4.41. The Morgan fingerprint density at radius 2 is 2.28 bits per heavy atom. The van der Waals surface area contributed by atoms with E-state index in [9.17, 15) is 0 Å². The first kappa shape index (κ1) is 13.4. The predicted molar refractivity (Wildman–Crippen MR) is 71.1 cm³/mol. The molecule has 1 aliphatic carbocycles. The van der Waals surface area contributed by atoms with E-state index < -0.39 is 0 Å². The molecule has 2 rings (SSSR count). The largest absolute Gasteiger partial charge is 0.493 e. The van der Waals surface area contributed by atoms with Gasteiger partial charge >= 0.3 is 0 Å². The summed E-state index contributed by atoms with van der Waals surface area (Å²) < 4.78 is 7.47. The highest BCUT2D eigenvalue weighted by Gasteiger charge is 2.30. The Morgan fingerprint density at radius 3 is 2.83 bits per heavy atom. The average Bonchev–Trinajstić information content (AvgIpc) is 3.02. The van der Waals surface area contributed by atoms with Crippen molar-refractivity contribution in [1.82, 2.24) is 15.2 Å². The average molecular weight is 252 g/mol. The number of ether oxygens (including phenoxy) is 1. The molecule has 18 heavy (non-hydrogen) atoms. The van der Waals surface area contributed by atoms with Crippen LogP contribution in [0.2, 0.25) is 0 Å². The van der Waals surface area contributed by atoms with Crippen LogP contribution in [0.1, 0.15) is 50.8 Å². The van der Waals surface area contributed by atoms with Crippen LogP contribution < -0.4 is 16.0 Å². The molecule has 1 aromatic rings. The van der Waals surface area contributed by atoms with Gasteiger partial charge in [0.1, 0.15) is 0 Å². The van der Waals surface area contributed by atoms with Crippen LogP contribution in [-0.4, -0.2) is 16.9 Å². The fourth-order valence-electron chi connectivity index (χ4n) is 2.97. The van der Waals surface area contributed by atoms with Crippen molar-refractivity contribution in [3.8, 4) is 5.75 Å². The van der Waals surface area contributed by atoms with Crippen molar-refractivity contribution >= 4 is 0 Å². The Hall–Kier alpha value is -1.07.